The molecule has 1 saturated carbocycles. The monoisotopic (exact) mass is 226 g/mol. The maximum absolute atomic E-state index is 13.6. The van der Waals surface area contributed by atoms with Crippen molar-refractivity contribution in [2.45, 2.75) is 38.1 Å². The summed E-state index contributed by atoms with van der Waals surface area (Å²) >= 11 is 0. The molecule has 2 rings (SSSR count). The number of rotatable bonds is 3. The summed E-state index contributed by atoms with van der Waals surface area (Å²) in [4.78, 5) is 0. The summed E-state index contributed by atoms with van der Waals surface area (Å²) < 4.78 is 27.1. The van der Waals surface area contributed by atoms with Crippen LogP contribution in [0.1, 0.15) is 32.6 Å². The maximum Gasteiger partial charge on any atom is 0.151 e. The highest BCUT2D eigenvalue weighted by Crippen LogP contribution is 2.39. The number of nitrogens with one attached hydrogen (secondary N) is 1. The van der Waals surface area contributed by atoms with Gasteiger partial charge in [-0.1, -0.05) is 6.92 Å². The Kier molecular flexibility index (Phi) is 2.74. The van der Waals surface area contributed by atoms with E-state index in [9.17, 15) is 8.78 Å². The highest BCUT2D eigenvalue weighted by atomic mass is 19.1. The van der Waals surface area contributed by atoms with E-state index in [0.717, 1.165) is 37.8 Å². The molecule has 0 aliphatic heterocycles. The van der Waals surface area contributed by atoms with Gasteiger partial charge in [0.05, 0.1) is 0 Å². The van der Waals surface area contributed by atoms with Crippen molar-refractivity contribution in [2.24, 2.45) is 0 Å². The molecule has 0 aromatic heterocycles. The molecule has 0 amide bonds. The summed E-state index contributed by atoms with van der Waals surface area (Å²) in [7, 11) is 0. The third-order valence-electron chi connectivity index (χ3n) is 3.44. The van der Waals surface area contributed by atoms with E-state index in [1.807, 2.05) is 6.92 Å². The number of nitrogen functional groups attached to an aromatic ring is 1. The second-order valence-corrected chi connectivity index (χ2v) is 4.47. The summed E-state index contributed by atoms with van der Waals surface area (Å²) in [5.41, 5.74) is 5.30. The van der Waals surface area contributed by atoms with Crippen LogP contribution in [0.5, 0.6) is 0 Å². The second kappa shape index (κ2) is 3.92. The van der Waals surface area contributed by atoms with Crippen LogP contribution >= 0.6 is 0 Å². The average molecular weight is 226 g/mol. The Hall–Kier alpha value is -1.32. The fourth-order valence-electron chi connectivity index (χ4n) is 2.15. The van der Waals surface area contributed by atoms with E-state index in [1.54, 1.807) is 0 Å². The second-order valence-electron chi connectivity index (χ2n) is 4.47. The predicted molar refractivity (Wildman–Crippen MR) is 61.3 cm³/mol. The largest absolute Gasteiger partial charge is 0.399 e. The zero-order chi connectivity index (χ0) is 11.8. The molecular weight excluding hydrogens is 210 g/mol. The molecule has 1 aromatic rings. The van der Waals surface area contributed by atoms with Crippen LogP contribution in [-0.4, -0.2) is 5.54 Å². The van der Waals surface area contributed by atoms with Crippen LogP contribution in [0.3, 0.4) is 0 Å². The zero-order valence-corrected chi connectivity index (χ0v) is 9.32. The molecule has 0 atom stereocenters. The highest BCUT2D eigenvalue weighted by Gasteiger charge is 2.36. The Labute approximate surface area is 93.8 Å². The number of hydrogen-bond acceptors (Lipinski definition) is 2. The number of benzene rings is 1. The van der Waals surface area contributed by atoms with Gasteiger partial charge in [0.2, 0.25) is 0 Å². The lowest BCUT2D eigenvalue weighted by Crippen LogP contribution is -2.44. The molecule has 0 unspecified atom stereocenters. The molecule has 0 heterocycles. The van der Waals surface area contributed by atoms with Crippen molar-refractivity contribution < 1.29 is 8.78 Å². The Morgan fingerprint density at radius 3 is 2.25 bits per heavy atom. The van der Waals surface area contributed by atoms with Crippen LogP contribution < -0.4 is 11.1 Å². The van der Waals surface area contributed by atoms with Gasteiger partial charge in [-0.2, -0.15) is 0 Å². The molecule has 16 heavy (non-hydrogen) atoms. The Morgan fingerprint density at radius 1 is 1.31 bits per heavy atom. The van der Waals surface area contributed by atoms with Crippen LogP contribution in [0.25, 0.3) is 0 Å². The molecule has 0 spiro atoms. The van der Waals surface area contributed by atoms with E-state index in [2.05, 4.69) is 5.32 Å². The van der Waals surface area contributed by atoms with Crippen LogP contribution in [0.2, 0.25) is 0 Å². The summed E-state index contributed by atoms with van der Waals surface area (Å²) in [6, 6.07) is 2.29. The Bertz CT molecular complexity index is 371. The molecule has 88 valence electrons. The smallest absolute Gasteiger partial charge is 0.151 e. The molecule has 0 radical (unpaired) electrons. The van der Waals surface area contributed by atoms with Crippen LogP contribution in [0, 0.1) is 11.6 Å². The van der Waals surface area contributed by atoms with E-state index in [4.69, 9.17) is 5.73 Å². The van der Waals surface area contributed by atoms with Gasteiger partial charge < -0.3 is 11.1 Å². The van der Waals surface area contributed by atoms with Gasteiger partial charge in [0, 0.05) is 11.2 Å². The molecule has 1 aliphatic carbocycles. The molecule has 4 heteroatoms. The number of anilines is 2. The normalized spacial score (nSPS) is 17.9. The topological polar surface area (TPSA) is 38.0 Å². The molecular formula is C12H16F2N2. The first-order valence-corrected chi connectivity index (χ1v) is 5.59. The zero-order valence-electron chi connectivity index (χ0n) is 9.32. The predicted octanol–water partition coefficient (Wildman–Crippen LogP) is 3.29. The molecule has 2 nitrogen and oxygen atoms in total. The average Bonchev–Trinajstić information content (AvgIpc) is 2.14. The van der Waals surface area contributed by atoms with Crippen molar-refractivity contribution in [1.29, 1.82) is 0 Å². The van der Waals surface area contributed by atoms with Gasteiger partial charge in [0.1, 0.15) is 5.69 Å². The lowest BCUT2D eigenvalue weighted by molar-refractivity contribution is 0.267. The minimum absolute atomic E-state index is 0.0456. The van der Waals surface area contributed by atoms with Gasteiger partial charge in [-0.05, 0) is 37.8 Å². The van der Waals surface area contributed by atoms with E-state index < -0.39 is 11.6 Å². The molecule has 0 saturated heterocycles. The molecule has 0 bridgehead atoms. The van der Waals surface area contributed by atoms with Gasteiger partial charge in [-0.25, -0.2) is 8.78 Å². The van der Waals surface area contributed by atoms with Gasteiger partial charge in [0.25, 0.3) is 0 Å². The molecule has 1 aliphatic rings. The van der Waals surface area contributed by atoms with E-state index in [0.29, 0.717) is 0 Å². The van der Waals surface area contributed by atoms with Gasteiger partial charge in [0.15, 0.2) is 11.6 Å². The van der Waals surface area contributed by atoms with E-state index in [-0.39, 0.29) is 16.9 Å². The SMILES string of the molecule is CCC1(Nc2c(F)cc(N)cc2F)CCC1. The van der Waals surface area contributed by atoms with Gasteiger partial charge in [-0.15, -0.1) is 0 Å². The lowest BCUT2D eigenvalue weighted by atomic mass is 9.74. The summed E-state index contributed by atoms with van der Waals surface area (Å²) in [5, 5.41) is 3.00. The molecule has 3 N–H and O–H groups in total. The Balaban J connectivity index is 2.27. The van der Waals surface area contributed by atoms with Crippen LogP contribution in [-0.2, 0) is 0 Å². The standard InChI is InChI=1S/C12H16F2N2/c1-2-12(4-3-5-12)16-11-9(13)6-8(15)7-10(11)14/h6-7,16H,2-5,15H2,1H3. The van der Waals surface area contributed by atoms with Crippen molar-refractivity contribution in [2.75, 3.05) is 11.1 Å². The molecule has 1 aromatic carbocycles. The van der Waals surface area contributed by atoms with Gasteiger partial charge in [-0.3, -0.25) is 0 Å². The van der Waals surface area contributed by atoms with Crippen molar-refractivity contribution in [3.05, 3.63) is 23.8 Å². The summed E-state index contributed by atoms with van der Waals surface area (Å²) in [5.74, 6) is -1.23. The minimum atomic E-state index is -0.614. The van der Waals surface area contributed by atoms with E-state index in [1.165, 1.54) is 0 Å². The first-order valence-electron chi connectivity index (χ1n) is 5.59. The number of nitrogens with two attached hydrogens (primary N) is 1. The lowest BCUT2D eigenvalue weighted by Gasteiger charge is -2.43. The third-order valence-corrected chi connectivity index (χ3v) is 3.44. The fraction of sp³-hybridized carbons (Fsp3) is 0.500. The van der Waals surface area contributed by atoms with Crippen molar-refractivity contribution in [3.63, 3.8) is 0 Å². The minimum Gasteiger partial charge on any atom is -0.399 e. The number of halogens is 2. The Morgan fingerprint density at radius 2 is 1.88 bits per heavy atom. The summed E-state index contributed by atoms with van der Waals surface area (Å²) in [6.45, 7) is 2.03. The van der Waals surface area contributed by atoms with Gasteiger partial charge >= 0.3 is 0 Å². The van der Waals surface area contributed by atoms with Crippen molar-refractivity contribution in [3.8, 4) is 0 Å². The summed E-state index contributed by atoms with van der Waals surface area (Å²) in [6.07, 6.45) is 3.91. The quantitative estimate of drug-likeness (QED) is 0.776. The van der Waals surface area contributed by atoms with Crippen molar-refractivity contribution >= 4 is 11.4 Å². The third kappa shape index (κ3) is 1.84. The van der Waals surface area contributed by atoms with E-state index >= 15 is 0 Å². The molecule has 1 fully saturated rings. The highest BCUT2D eigenvalue weighted by molar-refractivity contribution is 5.55. The van der Waals surface area contributed by atoms with Crippen LogP contribution in [0.15, 0.2) is 12.1 Å². The maximum atomic E-state index is 13.6. The first-order chi connectivity index (χ1) is 7.56. The fourth-order valence-corrected chi connectivity index (χ4v) is 2.15. The first kappa shape index (κ1) is 11.2. The van der Waals surface area contributed by atoms with Crippen LogP contribution in [0.4, 0.5) is 20.2 Å². The number of hydrogen-bond donors (Lipinski definition) is 2. The van der Waals surface area contributed by atoms with Crippen molar-refractivity contribution in [1.82, 2.24) is 0 Å².